The lowest BCUT2D eigenvalue weighted by atomic mass is 10.1. The molecule has 3 heterocycles. The molecular formula is C22H31N5O. The number of likely N-dealkylation sites (N-methyl/N-ethyl adjacent to an activating group) is 1. The Hall–Kier alpha value is -2.34. The van der Waals surface area contributed by atoms with Crippen molar-refractivity contribution in [1.82, 2.24) is 19.6 Å². The molecule has 1 saturated heterocycles. The molecule has 6 heteroatoms. The fourth-order valence-corrected chi connectivity index (χ4v) is 4.60. The summed E-state index contributed by atoms with van der Waals surface area (Å²) >= 11 is 0. The van der Waals surface area contributed by atoms with E-state index in [1.165, 1.54) is 12.0 Å². The zero-order chi connectivity index (χ0) is 19.7. The lowest BCUT2D eigenvalue weighted by Crippen LogP contribution is -2.43. The number of amides is 1. The van der Waals surface area contributed by atoms with E-state index in [-0.39, 0.29) is 11.9 Å². The van der Waals surface area contributed by atoms with E-state index in [1.807, 2.05) is 15.6 Å². The Balaban J connectivity index is 1.68. The van der Waals surface area contributed by atoms with Gasteiger partial charge in [-0.3, -0.25) is 14.4 Å². The second-order valence-corrected chi connectivity index (χ2v) is 8.36. The van der Waals surface area contributed by atoms with Crippen molar-refractivity contribution >= 4 is 11.6 Å². The third kappa shape index (κ3) is 3.65. The number of fused-ring (bicyclic) bond motifs is 3. The van der Waals surface area contributed by atoms with Gasteiger partial charge in [-0.15, -0.1) is 0 Å². The Kier molecular flexibility index (Phi) is 5.40. The van der Waals surface area contributed by atoms with E-state index in [0.29, 0.717) is 24.3 Å². The molecule has 28 heavy (non-hydrogen) atoms. The summed E-state index contributed by atoms with van der Waals surface area (Å²) in [5.41, 5.74) is 2.98. The molecule has 2 aromatic rings. The van der Waals surface area contributed by atoms with Gasteiger partial charge in [0.15, 0.2) is 0 Å². The van der Waals surface area contributed by atoms with Gasteiger partial charge in [-0.05, 0) is 57.9 Å². The van der Waals surface area contributed by atoms with Gasteiger partial charge in [0.25, 0.3) is 5.91 Å². The molecule has 0 spiro atoms. The van der Waals surface area contributed by atoms with Crippen LogP contribution in [0.2, 0.25) is 0 Å². The zero-order valence-electron chi connectivity index (χ0n) is 17.1. The van der Waals surface area contributed by atoms with Crippen LogP contribution in [0, 0.1) is 0 Å². The second kappa shape index (κ2) is 7.95. The molecule has 0 saturated carbocycles. The first-order valence-corrected chi connectivity index (χ1v) is 10.4. The highest BCUT2D eigenvalue weighted by atomic mass is 16.2. The maximum atomic E-state index is 13.6. The molecule has 1 N–H and O–H groups in total. The van der Waals surface area contributed by atoms with Gasteiger partial charge in [0.2, 0.25) is 0 Å². The monoisotopic (exact) mass is 381 g/mol. The number of nitrogens with one attached hydrogen (secondary N) is 1. The van der Waals surface area contributed by atoms with Crippen LogP contribution in [0.1, 0.15) is 55.2 Å². The van der Waals surface area contributed by atoms with E-state index >= 15 is 0 Å². The number of carbonyl (C=O) groups excluding carboxylic acids is 1. The summed E-state index contributed by atoms with van der Waals surface area (Å²) in [6.07, 6.45) is 5.22. The lowest BCUT2D eigenvalue weighted by Gasteiger charge is -2.31. The normalized spacial score (nSPS) is 23.2. The highest BCUT2D eigenvalue weighted by Gasteiger charge is 2.34. The quantitative estimate of drug-likeness (QED) is 0.866. The molecular weight excluding hydrogens is 350 g/mol. The Morgan fingerprint density at radius 3 is 2.75 bits per heavy atom. The summed E-state index contributed by atoms with van der Waals surface area (Å²) in [4.78, 5) is 18.1. The fraction of sp³-hybridized carbons (Fsp3) is 0.545. The van der Waals surface area contributed by atoms with Crippen LogP contribution < -0.4 is 5.32 Å². The van der Waals surface area contributed by atoms with Crippen molar-refractivity contribution in [3.63, 3.8) is 0 Å². The van der Waals surface area contributed by atoms with Crippen molar-refractivity contribution in [1.29, 1.82) is 0 Å². The second-order valence-electron chi connectivity index (χ2n) is 8.36. The Labute approximate surface area is 167 Å². The molecule has 6 nitrogen and oxygen atoms in total. The minimum atomic E-state index is 0.0668. The summed E-state index contributed by atoms with van der Waals surface area (Å²) in [7, 11) is 2.22. The molecule has 2 aliphatic rings. The summed E-state index contributed by atoms with van der Waals surface area (Å²) in [6, 6.07) is 11.4. The van der Waals surface area contributed by atoms with Gasteiger partial charge in [0.1, 0.15) is 5.69 Å². The topological polar surface area (TPSA) is 53.4 Å². The molecule has 1 amide bonds. The summed E-state index contributed by atoms with van der Waals surface area (Å²) in [6.45, 7) is 6.45. The van der Waals surface area contributed by atoms with Crippen molar-refractivity contribution < 1.29 is 4.79 Å². The molecule has 0 radical (unpaired) electrons. The first-order valence-electron chi connectivity index (χ1n) is 10.4. The average molecular weight is 382 g/mol. The van der Waals surface area contributed by atoms with Crippen LogP contribution in [0.5, 0.6) is 0 Å². The van der Waals surface area contributed by atoms with E-state index in [0.717, 1.165) is 31.6 Å². The molecule has 150 valence electrons. The lowest BCUT2D eigenvalue weighted by molar-refractivity contribution is 0.0675. The number of nitrogens with zero attached hydrogens (tertiary/aromatic N) is 4. The number of carbonyl (C=O) groups is 1. The SMILES string of the molecule is CC(C)n1nccc1C(=O)N1Cc2ccccc2NCC[C@@H]2CC[C@H](C1)N2C. The molecule has 4 rings (SSSR count). The van der Waals surface area contributed by atoms with E-state index in [4.69, 9.17) is 0 Å². The highest BCUT2D eigenvalue weighted by Crippen LogP contribution is 2.28. The van der Waals surface area contributed by atoms with Gasteiger partial charge < -0.3 is 10.2 Å². The van der Waals surface area contributed by atoms with Crippen molar-refractivity contribution in [3.05, 3.63) is 47.8 Å². The largest absolute Gasteiger partial charge is 0.385 e. The first-order chi connectivity index (χ1) is 13.5. The summed E-state index contributed by atoms with van der Waals surface area (Å²) in [5.74, 6) is 0.0668. The van der Waals surface area contributed by atoms with Crippen LogP contribution in [-0.4, -0.2) is 57.7 Å². The van der Waals surface area contributed by atoms with Crippen molar-refractivity contribution in [3.8, 4) is 0 Å². The van der Waals surface area contributed by atoms with Gasteiger partial charge in [-0.25, -0.2) is 0 Å². The van der Waals surface area contributed by atoms with Crippen LogP contribution in [0.25, 0.3) is 0 Å². The molecule has 0 aliphatic carbocycles. The van der Waals surface area contributed by atoms with E-state index in [2.05, 4.69) is 60.5 Å². The molecule has 0 unspecified atom stereocenters. The predicted octanol–water partition coefficient (Wildman–Crippen LogP) is 3.38. The van der Waals surface area contributed by atoms with Crippen molar-refractivity contribution in [2.75, 3.05) is 25.5 Å². The van der Waals surface area contributed by atoms with Crippen molar-refractivity contribution in [2.45, 2.75) is 57.8 Å². The van der Waals surface area contributed by atoms with Crippen molar-refractivity contribution in [2.24, 2.45) is 0 Å². The smallest absolute Gasteiger partial charge is 0.272 e. The van der Waals surface area contributed by atoms with Crippen LogP contribution >= 0.6 is 0 Å². The molecule has 1 fully saturated rings. The standard InChI is InChI=1S/C22H31N5O/c1-16(2)27-21(11-13-24-27)22(28)26-14-17-6-4-5-7-20(17)23-12-10-18-8-9-19(15-26)25(18)3/h4-7,11,13,16,18-19,23H,8-10,12,14-15H2,1-3H3/t18-,19+/m0/s1. The van der Waals surface area contributed by atoms with Crippen LogP contribution in [0.4, 0.5) is 5.69 Å². The number of hydrogen-bond donors (Lipinski definition) is 1. The van der Waals surface area contributed by atoms with Gasteiger partial charge in [0, 0.05) is 49.6 Å². The summed E-state index contributed by atoms with van der Waals surface area (Å²) < 4.78 is 1.83. The third-order valence-corrected chi connectivity index (χ3v) is 6.25. The Bertz CT molecular complexity index is 830. The third-order valence-electron chi connectivity index (χ3n) is 6.25. The number of anilines is 1. The summed E-state index contributed by atoms with van der Waals surface area (Å²) in [5, 5.41) is 7.98. The van der Waals surface area contributed by atoms with Gasteiger partial charge >= 0.3 is 0 Å². The van der Waals surface area contributed by atoms with Gasteiger partial charge in [0.05, 0.1) is 0 Å². The van der Waals surface area contributed by atoms with E-state index < -0.39 is 0 Å². The number of benzene rings is 1. The molecule has 1 aromatic carbocycles. The highest BCUT2D eigenvalue weighted by molar-refractivity contribution is 5.92. The number of hydrogen-bond acceptors (Lipinski definition) is 4. The minimum Gasteiger partial charge on any atom is -0.385 e. The zero-order valence-corrected chi connectivity index (χ0v) is 17.1. The Morgan fingerprint density at radius 1 is 1.14 bits per heavy atom. The first kappa shape index (κ1) is 19.0. The van der Waals surface area contributed by atoms with Crippen LogP contribution in [0.15, 0.2) is 36.5 Å². The maximum Gasteiger partial charge on any atom is 0.272 e. The molecule has 2 atom stereocenters. The average Bonchev–Trinajstić information content (AvgIpc) is 3.29. The fourth-order valence-electron chi connectivity index (χ4n) is 4.60. The molecule has 2 aliphatic heterocycles. The number of aromatic nitrogens is 2. The van der Waals surface area contributed by atoms with Gasteiger partial charge in [-0.1, -0.05) is 18.2 Å². The van der Waals surface area contributed by atoms with E-state index in [1.54, 1.807) is 6.20 Å². The number of rotatable bonds is 2. The molecule has 2 bridgehead atoms. The van der Waals surface area contributed by atoms with Gasteiger partial charge in [-0.2, -0.15) is 5.10 Å². The van der Waals surface area contributed by atoms with Crippen LogP contribution in [0.3, 0.4) is 0 Å². The number of para-hydroxylation sites is 1. The molecule has 1 aromatic heterocycles. The maximum absolute atomic E-state index is 13.6. The predicted molar refractivity (Wildman–Crippen MR) is 111 cm³/mol. The van der Waals surface area contributed by atoms with E-state index in [9.17, 15) is 4.79 Å². The van der Waals surface area contributed by atoms with Crippen LogP contribution in [-0.2, 0) is 6.54 Å². The Morgan fingerprint density at radius 2 is 1.93 bits per heavy atom. The minimum absolute atomic E-state index is 0.0668.